The number of nitrogens with zero attached hydrogens (tertiary/aromatic N) is 1. The van der Waals surface area contributed by atoms with Crippen LogP contribution < -0.4 is 0 Å². The molecule has 1 saturated carbocycles. The molecule has 0 radical (unpaired) electrons. The van der Waals surface area contributed by atoms with Crippen LogP contribution in [0, 0.1) is 11.3 Å². The summed E-state index contributed by atoms with van der Waals surface area (Å²) in [4.78, 5) is 39.3. The van der Waals surface area contributed by atoms with Gasteiger partial charge >= 0.3 is 5.97 Å². The fraction of sp³-hybridized carbons (Fsp3) is 0.864. The van der Waals surface area contributed by atoms with Gasteiger partial charge in [0.1, 0.15) is 6.04 Å². The number of ether oxygens (including phenoxy) is 1. The van der Waals surface area contributed by atoms with Crippen LogP contribution in [0.25, 0.3) is 0 Å². The normalized spacial score (nSPS) is 21.7. The molecule has 5 nitrogen and oxygen atoms in total. The lowest BCUT2D eigenvalue weighted by Crippen LogP contribution is -2.53. The zero-order valence-electron chi connectivity index (χ0n) is 17.4. The molecule has 0 unspecified atom stereocenters. The van der Waals surface area contributed by atoms with Crippen molar-refractivity contribution in [1.29, 1.82) is 0 Å². The van der Waals surface area contributed by atoms with Crippen molar-refractivity contribution in [2.24, 2.45) is 11.3 Å². The van der Waals surface area contributed by atoms with Crippen LogP contribution in [0.2, 0.25) is 0 Å². The third kappa shape index (κ3) is 6.05. The highest BCUT2D eigenvalue weighted by Crippen LogP contribution is 2.28. The zero-order valence-corrected chi connectivity index (χ0v) is 17.4. The Morgan fingerprint density at radius 3 is 2.33 bits per heavy atom. The van der Waals surface area contributed by atoms with Crippen LogP contribution in [0.4, 0.5) is 0 Å². The molecule has 1 aliphatic heterocycles. The van der Waals surface area contributed by atoms with Gasteiger partial charge in [0.15, 0.2) is 0 Å². The van der Waals surface area contributed by atoms with Crippen LogP contribution in [-0.2, 0) is 19.1 Å². The fourth-order valence-corrected chi connectivity index (χ4v) is 4.12. The Hall–Kier alpha value is -1.39. The highest BCUT2D eigenvalue weighted by molar-refractivity contribution is 6.38. The molecular weight excluding hydrogens is 342 g/mol. The second-order valence-electron chi connectivity index (χ2n) is 8.89. The summed E-state index contributed by atoms with van der Waals surface area (Å²) in [5.74, 6) is -0.486. The molecule has 5 heteroatoms. The molecule has 0 spiro atoms. The summed E-state index contributed by atoms with van der Waals surface area (Å²) in [6, 6.07) is -0.600. The summed E-state index contributed by atoms with van der Waals surface area (Å²) in [6.45, 7) is 6.36. The van der Waals surface area contributed by atoms with Crippen molar-refractivity contribution in [2.75, 3.05) is 13.2 Å². The summed E-state index contributed by atoms with van der Waals surface area (Å²) < 4.78 is 5.50. The molecule has 0 aromatic carbocycles. The lowest BCUT2D eigenvalue weighted by Gasteiger charge is -2.35. The fourth-order valence-electron chi connectivity index (χ4n) is 4.12. The van der Waals surface area contributed by atoms with Gasteiger partial charge in [-0.1, -0.05) is 52.9 Å². The van der Waals surface area contributed by atoms with E-state index in [9.17, 15) is 14.4 Å². The average Bonchev–Trinajstić information content (AvgIpc) is 2.70. The van der Waals surface area contributed by atoms with Gasteiger partial charge in [0.05, 0.1) is 6.61 Å². The number of likely N-dealkylation sites (tertiary alicyclic amines) is 1. The summed E-state index contributed by atoms with van der Waals surface area (Å²) >= 11 is 0. The average molecular weight is 380 g/mol. The monoisotopic (exact) mass is 379 g/mol. The summed E-state index contributed by atoms with van der Waals surface area (Å²) in [6.07, 6.45) is 11.5. The van der Waals surface area contributed by atoms with Crippen molar-refractivity contribution in [3.05, 3.63) is 0 Å². The Morgan fingerprint density at radius 1 is 1.00 bits per heavy atom. The summed E-state index contributed by atoms with van der Waals surface area (Å²) in [5.41, 5.74) is -0.691. The minimum atomic E-state index is -0.691. The molecule has 1 amide bonds. The van der Waals surface area contributed by atoms with Gasteiger partial charge in [0.2, 0.25) is 5.78 Å². The van der Waals surface area contributed by atoms with E-state index in [1.54, 1.807) is 13.8 Å². The SMILES string of the molecule is CCC(C)(C)C(=O)C(=O)N1CCCC[C@@H]1C(=O)OCCCC1CCCCC1. The second kappa shape index (κ2) is 10.2. The number of Topliss-reactive ketones (excluding diaryl/α,β-unsaturated/α-hetero) is 1. The molecule has 1 aliphatic carbocycles. The van der Waals surface area contributed by atoms with E-state index in [-0.39, 0.29) is 5.97 Å². The number of piperidine rings is 1. The predicted molar refractivity (Wildman–Crippen MR) is 105 cm³/mol. The molecule has 2 rings (SSSR count). The predicted octanol–water partition coefficient (Wildman–Crippen LogP) is 4.28. The van der Waals surface area contributed by atoms with Gasteiger partial charge in [-0.25, -0.2) is 4.79 Å². The molecule has 0 aromatic rings. The Balaban J connectivity index is 1.84. The van der Waals surface area contributed by atoms with E-state index in [1.165, 1.54) is 37.0 Å². The highest BCUT2D eigenvalue weighted by atomic mass is 16.5. The number of esters is 1. The van der Waals surface area contributed by atoms with Crippen LogP contribution in [0.5, 0.6) is 0 Å². The van der Waals surface area contributed by atoms with Crippen LogP contribution in [0.1, 0.15) is 91.4 Å². The van der Waals surface area contributed by atoms with Gasteiger partial charge in [0, 0.05) is 12.0 Å². The van der Waals surface area contributed by atoms with Crippen LogP contribution in [0.3, 0.4) is 0 Å². The molecule has 1 saturated heterocycles. The number of carbonyl (C=O) groups is 3. The number of carbonyl (C=O) groups excluding carboxylic acids is 3. The smallest absolute Gasteiger partial charge is 0.328 e. The Labute approximate surface area is 164 Å². The molecular formula is C22H37NO4. The third-order valence-electron chi connectivity index (χ3n) is 6.45. The minimum absolute atomic E-state index is 0.339. The van der Waals surface area contributed by atoms with Crippen molar-refractivity contribution >= 4 is 17.7 Å². The lowest BCUT2D eigenvalue weighted by molar-refractivity contribution is -0.161. The number of hydrogen-bond acceptors (Lipinski definition) is 4. The van der Waals surface area contributed by atoms with E-state index < -0.39 is 23.1 Å². The molecule has 1 heterocycles. The van der Waals surface area contributed by atoms with Crippen LogP contribution >= 0.6 is 0 Å². The maximum atomic E-state index is 12.7. The topological polar surface area (TPSA) is 63.7 Å². The number of hydrogen-bond donors (Lipinski definition) is 0. The van der Waals surface area contributed by atoms with E-state index >= 15 is 0 Å². The molecule has 0 aromatic heterocycles. The van der Waals surface area contributed by atoms with Crippen molar-refractivity contribution in [3.8, 4) is 0 Å². The van der Waals surface area contributed by atoms with Gasteiger partial charge in [-0.2, -0.15) is 0 Å². The Bertz CT molecular complexity index is 522. The van der Waals surface area contributed by atoms with Crippen molar-refractivity contribution in [3.63, 3.8) is 0 Å². The van der Waals surface area contributed by atoms with E-state index in [4.69, 9.17) is 4.74 Å². The Morgan fingerprint density at radius 2 is 1.67 bits per heavy atom. The molecule has 154 valence electrons. The first-order chi connectivity index (χ1) is 12.9. The van der Waals surface area contributed by atoms with E-state index in [1.807, 2.05) is 6.92 Å². The molecule has 0 N–H and O–H groups in total. The van der Waals surface area contributed by atoms with Crippen molar-refractivity contribution in [1.82, 2.24) is 4.90 Å². The Kier molecular flexibility index (Phi) is 8.30. The van der Waals surface area contributed by atoms with Crippen LogP contribution in [-0.4, -0.2) is 41.8 Å². The van der Waals surface area contributed by atoms with Crippen molar-refractivity contribution in [2.45, 2.75) is 97.4 Å². The van der Waals surface area contributed by atoms with Crippen molar-refractivity contribution < 1.29 is 19.1 Å². The zero-order chi connectivity index (χ0) is 19.9. The maximum Gasteiger partial charge on any atom is 0.328 e. The first kappa shape index (κ1) is 21.9. The first-order valence-corrected chi connectivity index (χ1v) is 10.9. The lowest BCUT2D eigenvalue weighted by atomic mass is 9.84. The van der Waals surface area contributed by atoms with E-state index in [0.717, 1.165) is 31.6 Å². The van der Waals surface area contributed by atoms with Gasteiger partial charge in [-0.15, -0.1) is 0 Å². The molecule has 2 aliphatic rings. The van der Waals surface area contributed by atoms with Gasteiger partial charge in [0.25, 0.3) is 5.91 Å². The number of ketones is 1. The number of amides is 1. The summed E-state index contributed by atoms with van der Waals surface area (Å²) in [5, 5.41) is 0. The third-order valence-corrected chi connectivity index (χ3v) is 6.45. The number of rotatable bonds is 8. The van der Waals surface area contributed by atoms with Gasteiger partial charge in [-0.05, 0) is 44.4 Å². The second-order valence-corrected chi connectivity index (χ2v) is 8.89. The molecule has 0 bridgehead atoms. The molecule has 2 fully saturated rings. The van der Waals surface area contributed by atoms with Crippen LogP contribution in [0.15, 0.2) is 0 Å². The van der Waals surface area contributed by atoms with Gasteiger partial charge in [-0.3, -0.25) is 9.59 Å². The molecule has 27 heavy (non-hydrogen) atoms. The minimum Gasteiger partial charge on any atom is -0.464 e. The van der Waals surface area contributed by atoms with E-state index in [0.29, 0.717) is 26.0 Å². The quantitative estimate of drug-likeness (QED) is 0.359. The molecule has 1 atom stereocenters. The highest BCUT2D eigenvalue weighted by Gasteiger charge is 2.40. The van der Waals surface area contributed by atoms with Gasteiger partial charge < -0.3 is 9.64 Å². The van der Waals surface area contributed by atoms with E-state index in [2.05, 4.69) is 0 Å². The summed E-state index contributed by atoms with van der Waals surface area (Å²) in [7, 11) is 0. The maximum absolute atomic E-state index is 12.7. The standard InChI is InChI=1S/C22H37NO4/c1-4-22(2,3)19(24)20(25)23-15-9-8-14-18(23)21(26)27-16-10-13-17-11-6-5-7-12-17/h17-18H,4-16H2,1-3H3/t18-/m1/s1. The largest absolute Gasteiger partial charge is 0.464 e. The first-order valence-electron chi connectivity index (χ1n) is 10.9.